The summed E-state index contributed by atoms with van der Waals surface area (Å²) in [6.07, 6.45) is 5.57. The third-order valence-electron chi connectivity index (χ3n) is 4.63. The van der Waals surface area contributed by atoms with E-state index in [-0.39, 0.29) is 12.3 Å². The topological polar surface area (TPSA) is 56.8 Å². The van der Waals surface area contributed by atoms with Crippen molar-refractivity contribution in [2.75, 3.05) is 27.4 Å². The highest BCUT2D eigenvalue weighted by Gasteiger charge is 2.21. The van der Waals surface area contributed by atoms with Crippen molar-refractivity contribution in [2.45, 2.75) is 45.1 Å². The molecule has 1 saturated carbocycles. The molecule has 2 rings (SSSR count). The Labute approximate surface area is 144 Å². The van der Waals surface area contributed by atoms with E-state index in [1.165, 1.54) is 19.3 Å². The molecule has 0 unspecified atom stereocenters. The average Bonchev–Trinajstić information content (AvgIpc) is 2.60. The SMILES string of the molecule is COc1ccc(CC(=O)NCCO[C@H]2CCCC[C@H]2C)c(OC)c1. The van der Waals surface area contributed by atoms with Gasteiger partial charge < -0.3 is 19.5 Å². The Morgan fingerprint density at radius 1 is 1.21 bits per heavy atom. The Balaban J connectivity index is 1.73. The van der Waals surface area contributed by atoms with Gasteiger partial charge in [-0.15, -0.1) is 0 Å². The first-order valence-corrected chi connectivity index (χ1v) is 8.73. The van der Waals surface area contributed by atoms with Crippen molar-refractivity contribution < 1.29 is 19.0 Å². The Morgan fingerprint density at radius 3 is 2.71 bits per heavy atom. The molecule has 1 aromatic rings. The minimum Gasteiger partial charge on any atom is -0.497 e. The maximum Gasteiger partial charge on any atom is 0.224 e. The minimum absolute atomic E-state index is 0.0289. The first-order chi connectivity index (χ1) is 11.6. The second-order valence-corrected chi connectivity index (χ2v) is 6.38. The third kappa shape index (κ3) is 5.41. The van der Waals surface area contributed by atoms with E-state index in [0.717, 1.165) is 12.0 Å². The highest BCUT2D eigenvalue weighted by molar-refractivity contribution is 5.79. The van der Waals surface area contributed by atoms with Gasteiger partial charge in [-0.25, -0.2) is 0 Å². The van der Waals surface area contributed by atoms with E-state index in [1.807, 2.05) is 12.1 Å². The molecule has 1 fully saturated rings. The van der Waals surface area contributed by atoms with Crippen molar-refractivity contribution in [3.63, 3.8) is 0 Å². The average molecular weight is 335 g/mol. The number of nitrogens with one attached hydrogen (secondary N) is 1. The molecule has 1 aliphatic rings. The first-order valence-electron chi connectivity index (χ1n) is 8.73. The summed E-state index contributed by atoms with van der Waals surface area (Å²) in [4.78, 5) is 12.1. The Bertz CT molecular complexity index is 532. The zero-order valence-electron chi connectivity index (χ0n) is 15.0. The van der Waals surface area contributed by atoms with Crippen LogP contribution in [0, 0.1) is 5.92 Å². The van der Waals surface area contributed by atoms with Crippen molar-refractivity contribution in [2.24, 2.45) is 5.92 Å². The quantitative estimate of drug-likeness (QED) is 0.742. The van der Waals surface area contributed by atoms with Crippen LogP contribution in [-0.4, -0.2) is 39.4 Å². The molecule has 0 radical (unpaired) electrons. The standard InChI is InChI=1S/C19H29NO4/c1-14-6-4-5-7-17(14)24-11-10-20-19(21)12-15-8-9-16(22-2)13-18(15)23-3/h8-9,13-14,17H,4-7,10-12H2,1-3H3,(H,20,21)/t14-,17+/m1/s1. The first kappa shape index (κ1) is 18.6. The molecule has 0 heterocycles. The monoisotopic (exact) mass is 335 g/mol. The van der Waals surface area contributed by atoms with E-state index in [2.05, 4.69) is 12.2 Å². The van der Waals surface area contributed by atoms with Crippen LogP contribution in [0.5, 0.6) is 11.5 Å². The summed E-state index contributed by atoms with van der Waals surface area (Å²) in [7, 11) is 3.20. The van der Waals surface area contributed by atoms with Gasteiger partial charge in [-0.1, -0.05) is 25.8 Å². The van der Waals surface area contributed by atoms with E-state index in [9.17, 15) is 4.79 Å². The molecule has 24 heavy (non-hydrogen) atoms. The van der Waals surface area contributed by atoms with Crippen LogP contribution in [0.3, 0.4) is 0 Å². The number of hydrogen-bond acceptors (Lipinski definition) is 4. The lowest BCUT2D eigenvalue weighted by atomic mass is 9.88. The third-order valence-corrected chi connectivity index (χ3v) is 4.63. The number of amides is 1. The summed E-state index contributed by atoms with van der Waals surface area (Å²) in [5, 5.41) is 2.91. The normalized spacial score (nSPS) is 20.5. The summed E-state index contributed by atoms with van der Waals surface area (Å²) in [5.41, 5.74) is 0.845. The number of carbonyl (C=O) groups is 1. The summed E-state index contributed by atoms with van der Waals surface area (Å²) in [5.74, 6) is 1.97. The molecular formula is C19H29NO4. The van der Waals surface area contributed by atoms with Gasteiger partial charge in [0.05, 0.1) is 33.4 Å². The Hall–Kier alpha value is -1.75. The number of benzene rings is 1. The van der Waals surface area contributed by atoms with Gasteiger partial charge in [-0.3, -0.25) is 4.79 Å². The number of methoxy groups -OCH3 is 2. The molecule has 0 bridgehead atoms. The molecule has 1 aromatic carbocycles. The molecule has 1 aliphatic carbocycles. The van der Waals surface area contributed by atoms with Gasteiger partial charge in [0.15, 0.2) is 0 Å². The van der Waals surface area contributed by atoms with Gasteiger partial charge in [-0.05, 0) is 24.8 Å². The van der Waals surface area contributed by atoms with Crippen molar-refractivity contribution >= 4 is 5.91 Å². The van der Waals surface area contributed by atoms with Crippen LogP contribution in [0.4, 0.5) is 0 Å². The largest absolute Gasteiger partial charge is 0.497 e. The lowest BCUT2D eigenvalue weighted by molar-refractivity contribution is -0.120. The zero-order chi connectivity index (χ0) is 17.4. The van der Waals surface area contributed by atoms with Gasteiger partial charge in [0.1, 0.15) is 11.5 Å². The van der Waals surface area contributed by atoms with Crippen LogP contribution in [0.1, 0.15) is 38.2 Å². The summed E-state index contributed by atoms with van der Waals surface area (Å²) >= 11 is 0. The molecular weight excluding hydrogens is 306 g/mol. The van der Waals surface area contributed by atoms with Gasteiger partial charge in [0.2, 0.25) is 5.91 Å². The van der Waals surface area contributed by atoms with E-state index in [1.54, 1.807) is 20.3 Å². The molecule has 0 aromatic heterocycles. The summed E-state index contributed by atoms with van der Waals surface area (Å²) < 4.78 is 16.4. The van der Waals surface area contributed by atoms with Crippen molar-refractivity contribution in [3.05, 3.63) is 23.8 Å². The van der Waals surface area contributed by atoms with Crippen LogP contribution in [0.25, 0.3) is 0 Å². The number of rotatable bonds is 8. The fraction of sp³-hybridized carbons (Fsp3) is 0.632. The van der Waals surface area contributed by atoms with Crippen LogP contribution in [0.2, 0.25) is 0 Å². The summed E-state index contributed by atoms with van der Waals surface area (Å²) in [6, 6.07) is 5.48. The molecule has 2 atom stereocenters. The number of hydrogen-bond donors (Lipinski definition) is 1. The molecule has 0 spiro atoms. The number of carbonyl (C=O) groups excluding carboxylic acids is 1. The predicted molar refractivity (Wildman–Crippen MR) is 93.6 cm³/mol. The molecule has 0 saturated heterocycles. The second-order valence-electron chi connectivity index (χ2n) is 6.38. The van der Waals surface area contributed by atoms with Crippen molar-refractivity contribution in [1.82, 2.24) is 5.32 Å². The van der Waals surface area contributed by atoms with E-state index in [4.69, 9.17) is 14.2 Å². The molecule has 134 valence electrons. The van der Waals surface area contributed by atoms with E-state index in [0.29, 0.717) is 36.7 Å². The highest BCUT2D eigenvalue weighted by atomic mass is 16.5. The predicted octanol–water partition coefficient (Wildman–Crippen LogP) is 2.96. The molecule has 5 heteroatoms. The number of ether oxygens (including phenoxy) is 3. The van der Waals surface area contributed by atoms with Crippen LogP contribution >= 0.6 is 0 Å². The maximum atomic E-state index is 12.1. The van der Waals surface area contributed by atoms with Crippen molar-refractivity contribution in [3.8, 4) is 11.5 Å². The van der Waals surface area contributed by atoms with Gasteiger partial charge >= 0.3 is 0 Å². The Morgan fingerprint density at radius 2 is 2.00 bits per heavy atom. The fourth-order valence-electron chi connectivity index (χ4n) is 3.16. The molecule has 5 nitrogen and oxygen atoms in total. The smallest absolute Gasteiger partial charge is 0.224 e. The van der Waals surface area contributed by atoms with Crippen LogP contribution in [0.15, 0.2) is 18.2 Å². The van der Waals surface area contributed by atoms with E-state index >= 15 is 0 Å². The van der Waals surface area contributed by atoms with Gasteiger partial charge in [0, 0.05) is 18.2 Å². The Kier molecular flexibility index (Phi) is 7.37. The van der Waals surface area contributed by atoms with Crippen LogP contribution < -0.4 is 14.8 Å². The molecule has 1 amide bonds. The minimum atomic E-state index is -0.0289. The van der Waals surface area contributed by atoms with Gasteiger partial charge in [0.25, 0.3) is 0 Å². The highest BCUT2D eigenvalue weighted by Crippen LogP contribution is 2.26. The molecule has 0 aliphatic heterocycles. The summed E-state index contributed by atoms with van der Waals surface area (Å²) in [6.45, 7) is 3.36. The lowest BCUT2D eigenvalue weighted by Gasteiger charge is -2.28. The van der Waals surface area contributed by atoms with E-state index < -0.39 is 0 Å². The van der Waals surface area contributed by atoms with Crippen molar-refractivity contribution in [1.29, 1.82) is 0 Å². The van der Waals surface area contributed by atoms with Gasteiger partial charge in [-0.2, -0.15) is 0 Å². The van der Waals surface area contributed by atoms with Crippen LogP contribution in [-0.2, 0) is 16.0 Å². The lowest BCUT2D eigenvalue weighted by Crippen LogP contribution is -2.32. The second kappa shape index (κ2) is 9.52. The molecule has 1 N–H and O–H groups in total. The zero-order valence-corrected chi connectivity index (χ0v) is 15.0. The maximum absolute atomic E-state index is 12.1. The fourth-order valence-corrected chi connectivity index (χ4v) is 3.16.